The molecule has 0 fully saturated rings. The molecule has 142 valence electrons. The van der Waals surface area contributed by atoms with Crippen molar-refractivity contribution < 1.29 is 18.9 Å². The first-order valence-corrected chi connectivity index (χ1v) is 9.09. The standard InChI is InChI=1S/C24H22O4/c1-25-22-13-17(14-23(26-2)24(22)27-3)21-15-19(16-9-5-4-6-10-16)18-11-7-8-12-20(18)28-21/h4-15,19H,1-3H3. The highest BCUT2D eigenvalue weighted by Gasteiger charge is 2.25. The van der Waals surface area contributed by atoms with Crippen LogP contribution in [-0.2, 0) is 0 Å². The number of ether oxygens (including phenoxy) is 4. The zero-order valence-electron chi connectivity index (χ0n) is 16.1. The van der Waals surface area contributed by atoms with Crippen molar-refractivity contribution in [3.05, 3.63) is 89.5 Å². The van der Waals surface area contributed by atoms with Gasteiger partial charge in [0.1, 0.15) is 11.5 Å². The fourth-order valence-corrected chi connectivity index (χ4v) is 3.54. The number of hydrogen-bond acceptors (Lipinski definition) is 4. The summed E-state index contributed by atoms with van der Waals surface area (Å²) in [7, 11) is 4.82. The van der Waals surface area contributed by atoms with Gasteiger partial charge in [0.15, 0.2) is 11.5 Å². The maximum Gasteiger partial charge on any atom is 0.203 e. The summed E-state index contributed by atoms with van der Waals surface area (Å²) in [5.74, 6) is 3.45. The molecule has 4 heteroatoms. The highest BCUT2D eigenvalue weighted by atomic mass is 16.5. The number of rotatable bonds is 5. The van der Waals surface area contributed by atoms with E-state index in [9.17, 15) is 0 Å². The molecule has 0 aliphatic carbocycles. The minimum Gasteiger partial charge on any atom is -0.493 e. The summed E-state index contributed by atoms with van der Waals surface area (Å²) >= 11 is 0. The molecule has 0 aromatic heterocycles. The zero-order valence-corrected chi connectivity index (χ0v) is 16.1. The van der Waals surface area contributed by atoms with Gasteiger partial charge in [-0.1, -0.05) is 48.5 Å². The monoisotopic (exact) mass is 374 g/mol. The van der Waals surface area contributed by atoms with Crippen LogP contribution >= 0.6 is 0 Å². The second kappa shape index (κ2) is 7.69. The van der Waals surface area contributed by atoms with Crippen molar-refractivity contribution in [1.29, 1.82) is 0 Å². The molecule has 0 amide bonds. The molecule has 0 N–H and O–H groups in total. The highest BCUT2D eigenvalue weighted by molar-refractivity contribution is 5.72. The van der Waals surface area contributed by atoms with E-state index in [4.69, 9.17) is 18.9 Å². The number of benzene rings is 3. The van der Waals surface area contributed by atoms with Crippen molar-refractivity contribution in [3.8, 4) is 23.0 Å². The Kier molecular flexibility index (Phi) is 4.94. The lowest BCUT2D eigenvalue weighted by Gasteiger charge is -2.26. The second-order valence-corrected chi connectivity index (χ2v) is 6.47. The molecule has 3 aromatic carbocycles. The summed E-state index contributed by atoms with van der Waals surface area (Å²) in [6, 6.07) is 22.3. The van der Waals surface area contributed by atoms with Gasteiger partial charge < -0.3 is 18.9 Å². The number of methoxy groups -OCH3 is 3. The summed E-state index contributed by atoms with van der Waals surface area (Å²) < 4.78 is 22.7. The number of para-hydroxylation sites is 1. The summed E-state index contributed by atoms with van der Waals surface area (Å²) in [4.78, 5) is 0. The first-order chi connectivity index (χ1) is 13.7. The van der Waals surface area contributed by atoms with E-state index >= 15 is 0 Å². The van der Waals surface area contributed by atoms with Crippen LogP contribution in [0.2, 0.25) is 0 Å². The maximum absolute atomic E-state index is 6.25. The Morgan fingerprint density at radius 2 is 1.39 bits per heavy atom. The van der Waals surface area contributed by atoms with Crippen molar-refractivity contribution in [2.75, 3.05) is 21.3 Å². The van der Waals surface area contributed by atoms with Crippen molar-refractivity contribution >= 4 is 5.76 Å². The molecule has 0 bridgehead atoms. The quantitative estimate of drug-likeness (QED) is 0.609. The van der Waals surface area contributed by atoms with Crippen LogP contribution in [0.4, 0.5) is 0 Å². The summed E-state index contributed by atoms with van der Waals surface area (Å²) in [6.45, 7) is 0. The van der Waals surface area contributed by atoms with Crippen LogP contribution in [0, 0.1) is 0 Å². The summed E-state index contributed by atoms with van der Waals surface area (Å²) in [5, 5.41) is 0. The van der Waals surface area contributed by atoms with Crippen molar-refractivity contribution in [2.24, 2.45) is 0 Å². The molecule has 1 atom stereocenters. The molecular weight excluding hydrogens is 352 g/mol. The van der Waals surface area contributed by atoms with Crippen LogP contribution in [0.3, 0.4) is 0 Å². The van der Waals surface area contributed by atoms with E-state index in [0.717, 1.165) is 22.6 Å². The van der Waals surface area contributed by atoms with Crippen LogP contribution in [0.5, 0.6) is 23.0 Å². The molecule has 3 aromatic rings. The number of hydrogen-bond donors (Lipinski definition) is 0. The van der Waals surface area contributed by atoms with E-state index in [1.807, 2.05) is 36.4 Å². The molecule has 1 unspecified atom stereocenters. The third-order valence-corrected chi connectivity index (χ3v) is 4.90. The third-order valence-electron chi connectivity index (χ3n) is 4.90. The smallest absolute Gasteiger partial charge is 0.203 e. The van der Waals surface area contributed by atoms with Gasteiger partial charge in [0, 0.05) is 17.0 Å². The Hall–Kier alpha value is -3.40. The highest BCUT2D eigenvalue weighted by Crippen LogP contribution is 2.44. The van der Waals surface area contributed by atoms with Crippen molar-refractivity contribution in [3.63, 3.8) is 0 Å². The molecule has 28 heavy (non-hydrogen) atoms. The minimum atomic E-state index is 0.0974. The average molecular weight is 374 g/mol. The summed E-state index contributed by atoms with van der Waals surface area (Å²) in [5.41, 5.74) is 3.22. The fraction of sp³-hybridized carbons (Fsp3) is 0.167. The molecule has 4 nitrogen and oxygen atoms in total. The largest absolute Gasteiger partial charge is 0.493 e. The molecule has 0 spiro atoms. The Bertz CT molecular complexity index is 983. The van der Waals surface area contributed by atoms with Gasteiger partial charge in [0.25, 0.3) is 0 Å². The first-order valence-electron chi connectivity index (χ1n) is 9.09. The van der Waals surface area contributed by atoms with E-state index in [1.54, 1.807) is 21.3 Å². The Balaban J connectivity index is 1.85. The normalized spacial score (nSPS) is 15.1. The van der Waals surface area contributed by atoms with Crippen LogP contribution in [-0.4, -0.2) is 21.3 Å². The lowest BCUT2D eigenvalue weighted by molar-refractivity contribution is 0.324. The van der Waals surface area contributed by atoms with Gasteiger partial charge in [-0.2, -0.15) is 0 Å². The first kappa shape index (κ1) is 18.0. The molecule has 0 saturated heterocycles. The average Bonchev–Trinajstić information content (AvgIpc) is 2.77. The van der Waals surface area contributed by atoms with Crippen LogP contribution in [0.1, 0.15) is 22.6 Å². The molecular formula is C24H22O4. The summed E-state index contributed by atoms with van der Waals surface area (Å²) in [6.07, 6.45) is 2.14. The second-order valence-electron chi connectivity index (χ2n) is 6.47. The number of allylic oxidation sites excluding steroid dienone is 1. The predicted octanol–water partition coefficient (Wildman–Crippen LogP) is 5.28. The molecule has 4 rings (SSSR count). The van der Waals surface area contributed by atoms with Crippen molar-refractivity contribution in [1.82, 2.24) is 0 Å². The van der Waals surface area contributed by atoms with Crippen LogP contribution in [0.15, 0.2) is 72.8 Å². The van der Waals surface area contributed by atoms with E-state index in [2.05, 4.69) is 36.4 Å². The third kappa shape index (κ3) is 3.18. The lowest BCUT2D eigenvalue weighted by Crippen LogP contribution is -2.10. The van der Waals surface area contributed by atoms with E-state index in [-0.39, 0.29) is 5.92 Å². The van der Waals surface area contributed by atoms with Gasteiger partial charge in [0.2, 0.25) is 5.75 Å². The van der Waals surface area contributed by atoms with E-state index in [1.165, 1.54) is 5.56 Å². The number of fused-ring (bicyclic) bond motifs is 1. The maximum atomic E-state index is 6.25. The Labute approximate surface area is 164 Å². The molecule has 1 aliphatic rings. The van der Waals surface area contributed by atoms with Crippen LogP contribution in [0.25, 0.3) is 5.76 Å². The Morgan fingerprint density at radius 1 is 0.750 bits per heavy atom. The molecule has 1 aliphatic heterocycles. The Morgan fingerprint density at radius 3 is 2.04 bits per heavy atom. The fourth-order valence-electron chi connectivity index (χ4n) is 3.54. The van der Waals surface area contributed by atoms with Gasteiger partial charge in [-0.05, 0) is 29.8 Å². The van der Waals surface area contributed by atoms with Crippen molar-refractivity contribution in [2.45, 2.75) is 5.92 Å². The van der Waals surface area contributed by atoms with Gasteiger partial charge in [-0.15, -0.1) is 0 Å². The van der Waals surface area contributed by atoms with Gasteiger partial charge in [0.05, 0.1) is 21.3 Å². The molecule has 1 heterocycles. The lowest BCUT2D eigenvalue weighted by atomic mass is 9.88. The minimum absolute atomic E-state index is 0.0974. The molecule has 0 radical (unpaired) electrons. The van der Waals surface area contributed by atoms with Crippen LogP contribution < -0.4 is 18.9 Å². The van der Waals surface area contributed by atoms with Gasteiger partial charge in [-0.25, -0.2) is 0 Å². The molecule has 0 saturated carbocycles. The van der Waals surface area contributed by atoms with Gasteiger partial charge >= 0.3 is 0 Å². The van der Waals surface area contributed by atoms with Gasteiger partial charge in [-0.3, -0.25) is 0 Å². The van der Waals surface area contributed by atoms with E-state index in [0.29, 0.717) is 17.2 Å². The zero-order chi connectivity index (χ0) is 19.5. The topological polar surface area (TPSA) is 36.9 Å². The SMILES string of the molecule is COc1cc(C2=CC(c3ccccc3)c3ccccc3O2)cc(OC)c1OC. The predicted molar refractivity (Wildman–Crippen MR) is 109 cm³/mol. The van der Waals surface area contributed by atoms with E-state index < -0.39 is 0 Å².